The molecule has 0 radical (unpaired) electrons. The van der Waals surface area contributed by atoms with Crippen LogP contribution in [0.5, 0.6) is 0 Å². The zero-order valence-corrected chi connectivity index (χ0v) is 8.78. The fourth-order valence-corrected chi connectivity index (χ4v) is 1.87. The van der Waals surface area contributed by atoms with Crippen LogP contribution in [0.15, 0.2) is 0 Å². The quantitative estimate of drug-likeness (QED) is 0.714. The SMILES string of the molecule is CC1(C)CC(CCCO)CN1.Cl. The summed E-state index contributed by atoms with van der Waals surface area (Å²) in [4.78, 5) is 0. The summed E-state index contributed by atoms with van der Waals surface area (Å²) in [5.74, 6) is 0.789. The highest BCUT2D eigenvalue weighted by molar-refractivity contribution is 5.85. The summed E-state index contributed by atoms with van der Waals surface area (Å²) in [5.41, 5.74) is 0.333. The first kappa shape index (κ1) is 12.2. The van der Waals surface area contributed by atoms with E-state index in [1.165, 1.54) is 12.8 Å². The van der Waals surface area contributed by atoms with E-state index in [2.05, 4.69) is 19.2 Å². The van der Waals surface area contributed by atoms with Crippen molar-refractivity contribution in [3.63, 3.8) is 0 Å². The second-order valence-corrected chi connectivity index (χ2v) is 4.20. The lowest BCUT2D eigenvalue weighted by Crippen LogP contribution is -2.31. The third-order valence-electron chi connectivity index (χ3n) is 2.44. The van der Waals surface area contributed by atoms with Crippen LogP contribution in [0, 0.1) is 5.92 Å². The largest absolute Gasteiger partial charge is 0.396 e. The number of halogens is 1. The molecule has 12 heavy (non-hydrogen) atoms. The molecule has 1 heterocycles. The third kappa shape index (κ3) is 3.74. The summed E-state index contributed by atoms with van der Waals surface area (Å²) in [7, 11) is 0. The standard InChI is InChI=1S/C9H19NO.ClH/c1-9(2)6-8(7-10-9)4-3-5-11;/h8,10-11H,3-7H2,1-2H3;1H. The zero-order valence-electron chi connectivity index (χ0n) is 7.97. The number of hydrogen-bond acceptors (Lipinski definition) is 2. The molecule has 74 valence electrons. The fourth-order valence-electron chi connectivity index (χ4n) is 1.87. The number of aliphatic hydroxyl groups is 1. The molecule has 1 aliphatic rings. The Bertz CT molecular complexity index is 128. The summed E-state index contributed by atoms with van der Waals surface area (Å²) < 4.78 is 0. The minimum atomic E-state index is 0. The molecule has 2 nitrogen and oxygen atoms in total. The summed E-state index contributed by atoms with van der Waals surface area (Å²) in [5, 5.41) is 12.1. The predicted octanol–water partition coefficient (Wildman–Crippen LogP) is 1.57. The average molecular weight is 194 g/mol. The minimum Gasteiger partial charge on any atom is -0.396 e. The molecule has 0 aromatic rings. The first-order valence-electron chi connectivity index (χ1n) is 4.50. The van der Waals surface area contributed by atoms with Crippen molar-refractivity contribution in [2.45, 2.75) is 38.6 Å². The molecule has 0 aliphatic carbocycles. The van der Waals surface area contributed by atoms with Crippen LogP contribution in [0.4, 0.5) is 0 Å². The lowest BCUT2D eigenvalue weighted by atomic mass is 9.94. The van der Waals surface area contributed by atoms with Gasteiger partial charge in [0.2, 0.25) is 0 Å². The Balaban J connectivity index is 0.00000121. The van der Waals surface area contributed by atoms with E-state index in [1.54, 1.807) is 0 Å². The second kappa shape index (κ2) is 5.05. The highest BCUT2D eigenvalue weighted by Crippen LogP contribution is 2.26. The third-order valence-corrected chi connectivity index (χ3v) is 2.44. The molecule has 1 fully saturated rings. The van der Waals surface area contributed by atoms with Crippen molar-refractivity contribution in [3.8, 4) is 0 Å². The van der Waals surface area contributed by atoms with Crippen molar-refractivity contribution in [1.82, 2.24) is 5.32 Å². The molecular weight excluding hydrogens is 174 g/mol. The van der Waals surface area contributed by atoms with Crippen LogP contribution in [0.1, 0.15) is 33.1 Å². The highest BCUT2D eigenvalue weighted by Gasteiger charge is 2.29. The summed E-state index contributed by atoms with van der Waals surface area (Å²) in [6.07, 6.45) is 3.39. The van der Waals surface area contributed by atoms with Crippen molar-refractivity contribution in [1.29, 1.82) is 0 Å². The molecule has 0 bridgehead atoms. The van der Waals surface area contributed by atoms with Gasteiger partial charge in [-0.2, -0.15) is 0 Å². The smallest absolute Gasteiger partial charge is 0.0431 e. The summed E-state index contributed by atoms with van der Waals surface area (Å²) in [6, 6.07) is 0. The molecular formula is C9H20ClNO. The Morgan fingerprint density at radius 2 is 2.17 bits per heavy atom. The van der Waals surface area contributed by atoms with Crippen LogP contribution in [0.25, 0.3) is 0 Å². The fraction of sp³-hybridized carbons (Fsp3) is 1.00. The lowest BCUT2D eigenvalue weighted by molar-refractivity contribution is 0.272. The van der Waals surface area contributed by atoms with Crippen molar-refractivity contribution in [2.24, 2.45) is 5.92 Å². The van der Waals surface area contributed by atoms with Crippen LogP contribution in [0.3, 0.4) is 0 Å². The van der Waals surface area contributed by atoms with Gasteiger partial charge in [0.1, 0.15) is 0 Å². The van der Waals surface area contributed by atoms with Crippen molar-refractivity contribution >= 4 is 12.4 Å². The van der Waals surface area contributed by atoms with Gasteiger partial charge in [-0.1, -0.05) is 0 Å². The van der Waals surface area contributed by atoms with E-state index in [9.17, 15) is 0 Å². The Morgan fingerprint density at radius 3 is 2.58 bits per heavy atom. The Morgan fingerprint density at radius 1 is 1.50 bits per heavy atom. The maximum absolute atomic E-state index is 8.64. The lowest BCUT2D eigenvalue weighted by Gasteiger charge is -2.17. The Labute approximate surface area is 81.2 Å². The van der Waals surface area contributed by atoms with Gasteiger partial charge in [-0.05, 0) is 45.6 Å². The van der Waals surface area contributed by atoms with E-state index in [0.29, 0.717) is 12.1 Å². The van der Waals surface area contributed by atoms with Crippen LogP contribution < -0.4 is 5.32 Å². The van der Waals surface area contributed by atoms with Gasteiger partial charge in [0.25, 0.3) is 0 Å². The molecule has 0 aromatic heterocycles. The molecule has 1 saturated heterocycles. The summed E-state index contributed by atoms with van der Waals surface area (Å²) in [6.45, 7) is 5.96. The molecule has 1 atom stereocenters. The minimum absolute atomic E-state index is 0. The molecule has 3 heteroatoms. The summed E-state index contributed by atoms with van der Waals surface area (Å²) >= 11 is 0. The molecule has 0 spiro atoms. The van der Waals surface area contributed by atoms with Gasteiger partial charge in [-0.15, -0.1) is 12.4 Å². The van der Waals surface area contributed by atoms with E-state index in [1.807, 2.05) is 0 Å². The van der Waals surface area contributed by atoms with Gasteiger partial charge in [0.05, 0.1) is 0 Å². The van der Waals surface area contributed by atoms with E-state index >= 15 is 0 Å². The van der Waals surface area contributed by atoms with Gasteiger partial charge in [0, 0.05) is 12.1 Å². The highest BCUT2D eigenvalue weighted by atomic mass is 35.5. The van der Waals surface area contributed by atoms with Crippen LogP contribution in [-0.2, 0) is 0 Å². The van der Waals surface area contributed by atoms with Crippen molar-refractivity contribution in [3.05, 3.63) is 0 Å². The average Bonchev–Trinajstić information content (AvgIpc) is 2.26. The van der Waals surface area contributed by atoms with E-state index in [0.717, 1.165) is 18.9 Å². The Hall–Kier alpha value is 0.210. The van der Waals surface area contributed by atoms with E-state index < -0.39 is 0 Å². The van der Waals surface area contributed by atoms with Gasteiger partial charge in [-0.3, -0.25) is 0 Å². The molecule has 0 amide bonds. The number of hydrogen-bond donors (Lipinski definition) is 2. The maximum atomic E-state index is 8.64. The predicted molar refractivity (Wildman–Crippen MR) is 53.8 cm³/mol. The topological polar surface area (TPSA) is 32.3 Å². The van der Waals surface area contributed by atoms with Gasteiger partial charge in [-0.25, -0.2) is 0 Å². The van der Waals surface area contributed by atoms with E-state index in [4.69, 9.17) is 5.11 Å². The first-order valence-corrected chi connectivity index (χ1v) is 4.50. The molecule has 1 unspecified atom stereocenters. The monoisotopic (exact) mass is 193 g/mol. The van der Waals surface area contributed by atoms with Crippen molar-refractivity contribution < 1.29 is 5.11 Å². The molecule has 0 saturated carbocycles. The molecule has 1 rings (SSSR count). The van der Waals surface area contributed by atoms with Crippen molar-refractivity contribution in [2.75, 3.05) is 13.2 Å². The zero-order chi connectivity index (χ0) is 8.32. The van der Waals surface area contributed by atoms with Crippen LogP contribution in [-0.4, -0.2) is 23.8 Å². The Kier molecular flexibility index (Phi) is 5.14. The van der Waals surface area contributed by atoms with Gasteiger partial charge in [0.15, 0.2) is 0 Å². The second-order valence-electron chi connectivity index (χ2n) is 4.20. The van der Waals surface area contributed by atoms with E-state index in [-0.39, 0.29) is 12.4 Å². The van der Waals surface area contributed by atoms with Gasteiger partial charge < -0.3 is 10.4 Å². The maximum Gasteiger partial charge on any atom is 0.0431 e. The van der Waals surface area contributed by atoms with Gasteiger partial charge >= 0.3 is 0 Å². The number of rotatable bonds is 3. The number of nitrogens with one attached hydrogen (secondary N) is 1. The first-order chi connectivity index (χ1) is 5.14. The normalized spacial score (nSPS) is 26.8. The number of aliphatic hydroxyl groups excluding tert-OH is 1. The molecule has 1 aliphatic heterocycles. The van der Waals surface area contributed by atoms with Crippen LogP contribution >= 0.6 is 12.4 Å². The van der Waals surface area contributed by atoms with Crippen LogP contribution in [0.2, 0.25) is 0 Å². The molecule has 0 aromatic carbocycles. The molecule has 2 N–H and O–H groups in total.